The van der Waals surface area contributed by atoms with Gasteiger partial charge >= 0.3 is 5.97 Å². The Labute approximate surface area is 180 Å². The summed E-state index contributed by atoms with van der Waals surface area (Å²) in [5, 5.41) is 13.4. The van der Waals surface area contributed by atoms with Gasteiger partial charge in [-0.15, -0.1) is 0 Å². The summed E-state index contributed by atoms with van der Waals surface area (Å²) in [7, 11) is 0. The molecular weight excluding hydrogens is 396 g/mol. The number of hydrogen-bond donors (Lipinski definition) is 3. The number of piperidine rings is 1. The molecule has 1 heterocycles. The smallest absolute Gasteiger partial charge is 0.332 e. The normalized spacial score (nSPS) is 19.7. The van der Waals surface area contributed by atoms with E-state index in [4.69, 9.17) is 11.6 Å². The SMILES string of the molecule is CC(=O)C(N)(C(=O)O)C(c1ccccc1)C1CCCN(c2ccc(C=NN)cc2)C1=O. The van der Waals surface area contributed by atoms with Crippen LogP contribution in [0, 0.1) is 5.92 Å². The van der Waals surface area contributed by atoms with Gasteiger partial charge in [0.15, 0.2) is 11.3 Å². The van der Waals surface area contributed by atoms with Gasteiger partial charge in [-0.1, -0.05) is 42.5 Å². The maximum Gasteiger partial charge on any atom is 0.332 e. The highest BCUT2D eigenvalue weighted by Crippen LogP contribution is 2.41. The zero-order valence-corrected chi connectivity index (χ0v) is 17.3. The zero-order chi connectivity index (χ0) is 22.6. The number of aliphatic carboxylic acids is 1. The fraction of sp³-hybridized carbons (Fsp3) is 0.304. The van der Waals surface area contributed by atoms with Gasteiger partial charge in [-0.25, -0.2) is 4.79 Å². The van der Waals surface area contributed by atoms with E-state index in [2.05, 4.69) is 5.10 Å². The minimum absolute atomic E-state index is 0.252. The maximum atomic E-state index is 13.6. The number of carbonyl (C=O) groups is 3. The van der Waals surface area contributed by atoms with Crippen LogP contribution in [-0.2, 0) is 14.4 Å². The van der Waals surface area contributed by atoms with E-state index in [1.807, 2.05) is 0 Å². The Morgan fingerprint density at radius 3 is 2.39 bits per heavy atom. The van der Waals surface area contributed by atoms with Gasteiger partial charge in [0.2, 0.25) is 5.91 Å². The maximum absolute atomic E-state index is 13.6. The monoisotopic (exact) mass is 422 g/mol. The van der Waals surface area contributed by atoms with Crippen molar-refractivity contribution < 1.29 is 19.5 Å². The summed E-state index contributed by atoms with van der Waals surface area (Å²) >= 11 is 0. The molecule has 0 aromatic heterocycles. The molecule has 0 saturated carbocycles. The van der Waals surface area contributed by atoms with Crippen molar-refractivity contribution in [1.29, 1.82) is 0 Å². The van der Waals surface area contributed by atoms with Crippen LogP contribution in [0.2, 0.25) is 0 Å². The number of hydrogen-bond acceptors (Lipinski definition) is 6. The number of anilines is 1. The molecule has 3 rings (SSSR count). The average Bonchev–Trinajstić information content (AvgIpc) is 2.76. The van der Waals surface area contributed by atoms with Crippen LogP contribution in [0.25, 0.3) is 0 Å². The summed E-state index contributed by atoms with van der Waals surface area (Å²) in [6.07, 6.45) is 2.59. The van der Waals surface area contributed by atoms with Gasteiger partial charge in [-0.2, -0.15) is 5.10 Å². The van der Waals surface area contributed by atoms with E-state index in [1.165, 1.54) is 6.21 Å². The molecule has 2 aromatic rings. The highest BCUT2D eigenvalue weighted by molar-refractivity contribution is 6.09. The number of Topliss-reactive ketones (excluding diaryl/α,β-unsaturated/α-hetero) is 1. The Morgan fingerprint density at radius 2 is 1.84 bits per heavy atom. The second-order valence-corrected chi connectivity index (χ2v) is 7.73. The predicted molar refractivity (Wildman–Crippen MR) is 118 cm³/mol. The van der Waals surface area contributed by atoms with Gasteiger partial charge < -0.3 is 21.6 Å². The van der Waals surface area contributed by atoms with Crippen molar-refractivity contribution in [2.24, 2.45) is 22.6 Å². The van der Waals surface area contributed by atoms with Crippen LogP contribution in [0.15, 0.2) is 59.7 Å². The summed E-state index contributed by atoms with van der Waals surface area (Å²) in [6, 6.07) is 15.8. The molecule has 8 nitrogen and oxygen atoms in total. The number of carbonyl (C=O) groups excluding carboxylic acids is 2. The van der Waals surface area contributed by atoms with Gasteiger partial charge in [-0.3, -0.25) is 9.59 Å². The lowest BCUT2D eigenvalue weighted by Crippen LogP contribution is -2.62. The third-order valence-electron chi connectivity index (χ3n) is 5.90. The van der Waals surface area contributed by atoms with Gasteiger partial charge in [0.05, 0.1) is 6.21 Å². The Kier molecular flexibility index (Phi) is 6.50. The third kappa shape index (κ3) is 4.20. The van der Waals surface area contributed by atoms with Crippen LogP contribution in [0.1, 0.15) is 36.8 Å². The Hall–Kier alpha value is -3.52. The van der Waals surface area contributed by atoms with Crippen LogP contribution in [0.3, 0.4) is 0 Å². The fourth-order valence-corrected chi connectivity index (χ4v) is 4.27. The minimum Gasteiger partial charge on any atom is -0.480 e. The highest BCUT2D eigenvalue weighted by atomic mass is 16.4. The van der Waals surface area contributed by atoms with Crippen LogP contribution in [0.5, 0.6) is 0 Å². The second kappa shape index (κ2) is 9.09. The average molecular weight is 422 g/mol. The van der Waals surface area contributed by atoms with Gasteiger partial charge in [-0.05, 0) is 43.0 Å². The standard InChI is InChI=1S/C23H26N4O4/c1-15(28)23(24,22(30)31)20(17-6-3-2-4-7-17)19-8-5-13-27(21(19)29)18-11-9-16(10-12-18)14-26-25/h2-4,6-7,9-12,14,19-20H,5,8,13,24-25H2,1H3,(H,30,31). The van der Waals surface area contributed by atoms with Crippen LogP contribution in [-0.4, -0.2) is 41.1 Å². The summed E-state index contributed by atoms with van der Waals surface area (Å²) in [4.78, 5) is 39.8. The number of nitrogens with zero attached hydrogens (tertiary/aromatic N) is 2. The second-order valence-electron chi connectivity index (χ2n) is 7.73. The molecule has 3 atom stereocenters. The minimum atomic E-state index is -2.22. The van der Waals surface area contributed by atoms with E-state index in [9.17, 15) is 19.5 Å². The summed E-state index contributed by atoms with van der Waals surface area (Å²) in [5.74, 6) is 1.04. The van der Waals surface area contributed by atoms with Crippen LogP contribution >= 0.6 is 0 Å². The number of hydrazone groups is 1. The fourth-order valence-electron chi connectivity index (χ4n) is 4.27. The van der Waals surface area contributed by atoms with E-state index >= 15 is 0 Å². The van der Waals surface area contributed by atoms with Crippen molar-refractivity contribution in [3.63, 3.8) is 0 Å². The molecule has 1 aliphatic heterocycles. The number of nitrogens with two attached hydrogens (primary N) is 2. The van der Waals surface area contributed by atoms with Crippen LogP contribution in [0.4, 0.5) is 5.69 Å². The summed E-state index contributed by atoms with van der Waals surface area (Å²) in [5.41, 5.74) is 6.05. The molecule has 0 spiro atoms. The molecule has 162 valence electrons. The molecule has 1 fully saturated rings. The first-order valence-corrected chi connectivity index (χ1v) is 10.0. The van der Waals surface area contributed by atoms with Gasteiger partial charge in [0.1, 0.15) is 0 Å². The first kappa shape index (κ1) is 22.2. The van der Waals surface area contributed by atoms with Crippen molar-refractivity contribution in [2.45, 2.75) is 31.2 Å². The van der Waals surface area contributed by atoms with Crippen molar-refractivity contribution >= 4 is 29.6 Å². The first-order valence-electron chi connectivity index (χ1n) is 10.0. The molecule has 0 radical (unpaired) electrons. The van der Waals surface area contributed by atoms with E-state index in [-0.39, 0.29) is 5.91 Å². The molecule has 8 heteroatoms. The number of amides is 1. The number of carboxylic acid groups (broad SMARTS) is 1. The van der Waals surface area contributed by atoms with E-state index in [1.54, 1.807) is 59.5 Å². The van der Waals surface area contributed by atoms with Crippen molar-refractivity contribution in [3.8, 4) is 0 Å². The van der Waals surface area contributed by atoms with E-state index in [0.717, 1.165) is 12.5 Å². The largest absolute Gasteiger partial charge is 0.480 e. The van der Waals surface area contributed by atoms with Crippen molar-refractivity contribution in [3.05, 3.63) is 65.7 Å². The van der Waals surface area contributed by atoms with Gasteiger partial charge in [0.25, 0.3) is 0 Å². The van der Waals surface area contributed by atoms with Crippen LogP contribution < -0.4 is 16.5 Å². The Bertz CT molecular complexity index is 974. The molecule has 1 aliphatic rings. The quantitative estimate of drug-likeness (QED) is 0.269. The number of rotatable bonds is 7. The molecule has 1 amide bonds. The lowest BCUT2D eigenvalue weighted by atomic mass is 9.67. The van der Waals surface area contributed by atoms with E-state index < -0.39 is 29.1 Å². The topological polar surface area (TPSA) is 139 Å². The first-order chi connectivity index (χ1) is 14.8. The highest BCUT2D eigenvalue weighted by Gasteiger charge is 2.53. The molecule has 3 unspecified atom stereocenters. The van der Waals surface area contributed by atoms with Gasteiger partial charge in [0, 0.05) is 24.1 Å². The zero-order valence-electron chi connectivity index (χ0n) is 17.3. The van der Waals surface area contributed by atoms with Crippen molar-refractivity contribution in [1.82, 2.24) is 0 Å². The summed E-state index contributed by atoms with van der Waals surface area (Å²) in [6.45, 7) is 1.65. The number of ketones is 1. The molecule has 2 aromatic carbocycles. The molecule has 31 heavy (non-hydrogen) atoms. The molecule has 1 saturated heterocycles. The molecular formula is C23H26N4O4. The number of carboxylic acids is 1. The molecule has 5 N–H and O–H groups in total. The van der Waals surface area contributed by atoms with E-state index in [0.29, 0.717) is 30.6 Å². The third-order valence-corrected chi connectivity index (χ3v) is 5.90. The number of benzene rings is 2. The summed E-state index contributed by atoms with van der Waals surface area (Å²) < 4.78 is 0. The predicted octanol–water partition coefficient (Wildman–Crippen LogP) is 1.88. The lowest BCUT2D eigenvalue weighted by Gasteiger charge is -2.41. The Morgan fingerprint density at radius 1 is 1.19 bits per heavy atom. The molecule has 0 bridgehead atoms. The van der Waals surface area contributed by atoms with Crippen molar-refractivity contribution in [2.75, 3.05) is 11.4 Å². The lowest BCUT2D eigenvalue weighted by molar-refractivity contribution is -0.150. The Balaban J connectivity index is 2.04. The molecule has 0 aliphatic carbocycles.